The number of rotatable bonds is 7. The van der Waals surface area contributed by atoms with Crippen molar-refractivity contribution in [3.63, 3.8) is 0 Å². The van der Waals surface area contributed by atoms with Crippen LogP contribution in [0.25, 0.3) is 11.1 Å². The largest absolute Gasteiger partial charge is 0.493 e. The number of anilines is 1. The van der Waals surface area contributed by atoms with Gasteiger partial charge in [0.25, 0.3) is 6.01 Å². The van der Waals surface area contributed by atoms with E-state index in [0.717, 1.165) is 54.9 Å². The number of ether oxygens (including phenoxy) is 3. The number of methoxy groups -OCH3 is 3. The third-order valence-corrected chi connectivity index (χ3v) is 5.39. The molecule has 0 atom stereocenters. The Morgan fingerprint density at radius 1 is 1.00 bits per heavy atom. The fourth-order valence-corrected chi connectivity index (χ4v) is 3.87. The van der Waals surface area contributed by atoms with Crippen molar-refractivity contribution in [2.75, 3.05) is 39.7 Å². The molecule has 29 heavy (non-hydrogen) atoms. The summed E-state index contributed by atoms with van der Waals surface area (Å²) in [6.45, 7) is 2.77. The van der Waals surface area contributed by atoms with Gasteiger partial charge in [-0.15, -0.1) is 0 Å². The number of nitrogens with zero attached hydrogens (tertiary/aromatic N) is 2. The number of benzene rings is 2. The van der Waals surface area contributed by atoms with Crippen molar-refractivity contribution in [1.29, 1.82) is 0 Å². The molecule has 1 aliphatic rings. The predicted molar refractivity (Wildman–Crippen MR) is 112 cm³/mol. The van der Waals surface area contributed by atoms with Gasteiger partial charge in [-0.05, 0) is 31.0 Å². The van der Waals surface area contributed by atoms with Gasteiger partial charge in [0.1, 0.15) is 5.52 Å². The van der Waals surface area contributed by atoms with E-state index in [9.17, 15) is 0 Å². The van der Waals surface area contributed by atoms with Crippen LogP contribution in [-0.2, 0) is 6.54 Å². The third kappa shape index (κ3) is 4.10. The van der Waals surface area contributed by atoms with E-state index in [1.807, 2.05) is 36.4 Å². The van der Waals surface area contributed by atoms with Gasteiger partial charge in [-0.1, -0.05) is 18.2 Å². The SMILES string of the molecule is COc1ccc(CN2CCC(Nc3nc4ccccc4o3)CC2)c(OC)c1OC. The molecule has 2 aromatic carbocycles. The Morgan fingerprint density at radius 3 is 2.45 bits per heavy atom. The zero-order valence-electron chi connectivity index (χ0n) is 17.1. The van der Waals surface area contributed by atoms with Gasteiger partial charge in [0.2, 0.25) is 5.75 Å². The number of hydrogen-bond acceptors (Lipinski definition) is 7. The van der Waals surface area contributed by atoms with Gasteiger partial charge in [0.15, 0.2) is 17.1 Å². The number of hydrogen-bond donors (Lipinski definition) is 1. The van der Waals surface area contributed by atoms with Crippen LogP contribution in [-0.4, -0.2) is 50.3 Å². The van der Waals surface area contributed by atoms with E-state index in [1.54, 1.807) is 21.3 Å². The third-order valence-electron chi connectivity index (χ3n) is 5.39. The highest BCUT2D eigenvalue weighted by Gasteiger charge is 2.23. The topological polar surface area (TPSA) is 69.0 Å². The molecule has 0 aliphatic carbocycles. The second kappa shape index (κ2) is 8.61. The van der Waals surface area contributed by atoms with Gasteiger partial charge < -0.3 is 23.9 Å². The molecule has 0 bridgehead atoms. The molecule has 0 amide bonds. The zero-order valence-corrected chi connectivity index (χ0v) is 17.1. The lowest BCUT2D eigenvalue weighted by Crippen LogP contribution is -2.38. The Bertz CT molecular complexity index is 931. The Morgan fingerprint density at radius 2 is 1.76 bits per heavy atom. The van der Waals surface area contributed by atoms with E-state index in [4.69, 9.17) is 18.6 Å². The van der Waals surface area contributed by atoms with Crippen LogP contribution in [0.5, 0.6) is 17.2 Å². The summed E-state index contributed by atoms with van der Waals surface area (Å²) >= 11 is 0. The molecule has 0 saturated carbocycles. The van der Waals surface area contributed by atoms with Crippen LogP contribution >= 0.6 is 0 Å². The zero-order chi connectivity index (χ0) is 20.2. The molecule has 0 unspecified atom stereocenters. The van der Waals surface area contributed by atoms with Crippen LogP contribution < -0.4 is 19.5 Å². The first-order chi connectivity index (χ1) is 14.2. The number of likely N-dealkylation sites (tertiary alicyclic amines) is 1. The number of fused-ring (bicyclic) bond motifs is 1. The summed E-state index contributed by atoms with van der Waals surface area (Å²) in [4.78, 5) is 6.94. The van der Waals surface area contributed by atoms with Gasteiger partial charge >= 0.3 is 0 Å². The van der Waals surface area contributed by atoms with Crippen LogP contribution in [0.1, 0.15) is 18.4 Å². The van der Waals surface area contributed by atoms with Crippen LogP contribution in [0.15, 0.2) is 40.8 Å². The summed E-state index contributed by atoms with van der Waals surface area (Å²) in [5.74, 6) is 2.05. The van der Waals surface area contributed by atoms with E-state index in [0.29, 0.717) is 23.6 Å². The molecule has 1 fully saturated rings. The number of aromatic nitrogens is 1. The number of oxazole rings is 1. The van der Waals surface area contributed by atoms with Crippen molar-refractivity contribution >= 4 is 17.1 Å². The molecule has 1 N–H and O–H groups in total. The van der Waals surface area contributed by atoms with E-state index >= 15 is 0 Å². The Labute approximate surface area is 170 Å². The van der Waals surface area contributed by atoms with Crippen molar-refractivity contribution in [2.24, 2.45) is 0 Å². The molecule has 1 aromatic heterocycles. The van der Waals surface area contributed by atoms with Crippen molar-refractivity contribution in [2.45, 2.75) is 25.4 Å². The molecule has 154 valence electrons. The first kappa shape index (κ1) is 19.4. The Kier molecular flexibility index (Phi) is 5.76. The second-order valence-corrected chi connectivity index (χ2v) is 7.17. The molecule has 1 saturated heterocycles. The molecule has 3 aromatic rings. The van der Waals surface area contributed by atoms with Gasteiger partial charge in [0.05, 0.1) is 21.3 Å². The van der Waals surface area contributed by atoms with E-state index in [1.165, 1.54) is 0 Å². The van der Waals surface area contributed by atoms with Gasteiger partial charge in [-0.3, -0.25) is 4.90 Å². The second-order valence-electron chi connectivity index (χ2n) is 7.17. The molecule has 7 heteroatoms. The maximum atomic E-state index is 5.79. The fourth-order valence-electron chi connectivity index (χ4n) is 3.87. The highest BCUT2D eigenvalue weighted by molar-refractivity contribution is 5.74. The van der Waals surface area contributed by atoms with E-state index in [-0.39, 0.29) is 0 Å². The van der Waals surface area contributed by atoms with E-state index in [2.05, 4.69) is 15.2 Å². The molecule has 4 rings (SSSR count). The normalized spacial score (nSPS) is 15.4. The molecule has 0 spiro atoms. The van der Waals surface area contributed by atoms with Gasteiger partial charge in [-0.2, -0.15) is 4.98 Å². The average molecular weight is 397 g/mol. The average Bonchev–Trinajstić information content (AvgIpc) is 3.17. The number of piperidine rings is 1. The van der Waals surface area contributed by atoms with Gasteiger partial charge in [-0.25, -0.2) is 0 Å². The smallest absolute Gasteiger partial charge is 0.295 e. The van der Waals surface area contributed by atoms with Crippen LogP contribution in [0.3, 0.4) is 0 Å². The summed E-state index contributed by atoms with van der Waals surface area (Å²) in [6.07, 6.45) is 2.04. The molecule has 2 heterocycles. The Hall–Kier alpha value is -2.93. The predicted octanol–water partition coefficient (Wildman–Crippen LogP) is 3.93. The lowest BCUT2D eigenvalue weighted by molar-refractivity contribution is 0.207. The van der Waals surface area contributed by atoms with Crippen LogP contribution in [0.2, 0.25) is 0 Å². The van der Waals surface area contributed by atoms with E-state index < -0.39 is 0 Å². The van der Waals surface area contributed by atoms with Crippen molar-refractivity contribution < 1.29 is 18.6 Å². The molecule has 1 aliphatic heterocycles. The van der Waals surface area contributed by atoms with Crippen molar-refractivity contribution in [3.05, 3.63) is 42.0 Å². The fraction of sp³-hybridized carbons (Fsp3) is 0.409. The lowest BCUT2D eigenvalue weighted by atomic mass is 10.0. The molecular weight excluding hydrogens is 370 g/mol. The quantitative estimate of drug-likeness (QED) is 0.648. The maximum Gasteiger partial charge on any atom is 0.295 e. The van der Waals surface area contributed by atoms with Crippen LogP contribution in [0, 0.1) is 0 Å². The molecular formula is C22H27N3O4. The maximum absolute atomic E-state index is 5.79. The molecule has 7 nitrogen and oxygen atoms in total. The minimum atomic E-state index is 0.353. The first-order valence-electron chi connectivity index (χ1n) is 9.84. The number of nitrogens with one attached hydrogen (secondary N) is 1. The minimum Gasteiger partial charge on any atom is -0.493 e. The highest BCUT2D eigenvalue weighted by Crippen LogP contribution is 2.40. The summed E-state index contributed by atoms with van der Waals surface area (Å²) in [6, 6.07) is 12.8. The summed E-state index contributed by atoms with van der Waals surface area (Å²) in [5, 5.41) is 3.44. The van der Waals surface area contributed by atoms with Crippen molar-refractivity contribution in [1.82, 2.24) is 9.88 Å². The highest BCUT2D eigenvalue weighted by atomic mass is 16.5. The summed E-state index contributed by atoms with van der Waals surface area (Å²) in [7, 11) is 4.93. The summed E-state index contributed by atoms with van der Waals surface area (Å²) < 4.78 is 22.3. The minimum absolute atomic E-state index is 0.353. The monoisotopic (exact) mass is 397 g/mol. The van der Waals surface area contributed by atoms with Gasteiger partial charge in [0, 0.05) is 31.2 Å². The van der Waals surface area contributed by atoms with Crippen molar-refractivity contribution in [3.8, 4) is 17.2 Å². The number of para-hydroxylation sites is 2. The first-order valence-corrected chi connectivity index (χ1v) is 9.84. The molecule has 0 radical (unpaired) electrons. The van der Waals surface area contributed by atoms with Crippen LogP contribution in [0.4, 0.5) is 6.01 Å². The standard InChI is InChI=1S/C22H27N3O4/c1-26-19-9-8-15(20(27-2)21(19)28-3)14-25-12-10-16(11-13-25)23-22-24-17-6-4-5-7-18(17)29-22/h4-9,16H,10-14H2,1-3H3,(H,23,24). The lowest BCUT2D eigenvalue weighted by Gasteiger charge is -2.32. The Balaban J connectivity index is 1.37. The summed E-state index contributed by atoms with van der Waals surface area (Å²) in [5.41, 5.74) is 2.79.